The number of aryl methyl sites for hydroxylation is 1. The quantitative estimate of drug-likeness (QED) is 0.673. The van der Waals surface area contributed by atoms with Crippen LogP contribution in [-0.2, 0) is 13.0 Å². The maximum Gasteiger partial charge on any atom is 0.137 e. The maximum absolute atomic E-state index is 5.51. The van der Waals surface area contributed by atoms with Crippen LogP contribution >= 0.6 is 0 Å². The molecule has 0 aliphatic carbocycles. The van der Waals surface area contributed by atoms with Crippen LogP contribution in [0.5, 0.6) is 5.75 Å². The van der Waals surface area contributed by atoms with E-state index in [9.17, 15) is 0 Å². The number of nitrogens with one attached hydrogen (secondary N) is 1. The Hall–Kier alpha value is -2.60. The lowest BCUT2D eigenvalue weighted by Gasteiger charge is -2.22. The van der Waals surface area contributed by atoms with Gasteiger partial charge in [-0.2, -0.15) is 5.10 Å². The number of hydrogen-bond acceptors (Lipinski definition) is 5. The molecule has 0 saturated carbocycles. The third kappa shape index (κ3) is 3.76. The van der Waals surface area contributed by atoms with Gasteiger partial charge in [-0.1, -0.05) is 12.1 Å². The van der Waals surface area contributed by atoms with Crippen molar-refractivity contribution in [3.8, 4) is 17.0 Å². The number of likely N-dealkylation sites (tertiary alicyclic amines) is 1. The molecule has 1 saturated heterocycles. The van der Waals surface area contributed by atoms with E-state index in [4.69, 9.17) is 9.26 Å². The summed E-state index contributed by atoms with van der Waals surface area (Å²) in [6.07, 6.45) is 6.25. The molecule has 1 aromatic carbocycles. The van der Waals surface area contributed by atoms with Crippen molar-refractivity contribution in [1.29, 1.82) is 0 Å². The Morgan fingerprint density at radius 2 is 2.15 bits per heavy atom. The first-order valence-corrected chi connectivity index (χ1v) is 9.64. The number of ether oxygens (including phenoxy) is 1. The molecule has 0 radical (unpaired) electrons. The summed E-state index contributed by atoms with van der Waals surface area (Å²) in [7, 11) is 1.68. The monoisotopic (exact) mass is 366 g/mol. The van der Waals surface area contributed by atoms with Crippen LogP contribution in [-0.4, -0.2) is 33.9 Å². The molecule has 3 aromatic rings. The molecule has 6 nitrogen and oxygen atoms in total. The van der Waals surface area contributed by atoms with E-state index in [2.05, 4.69) is 45.4 Å². The standard InChI is InChI=1S/C21H26N4O2/c1-3-5-18-12-19(24-27-18)20-6-4-11-25(20)14-16-13-22-23-21(16)15-7-9-17(26-2)10-8-15/h7-10,12-13,20H,3-6,11,14H2,1-2H3,(H,22,23)/t20-/m1/s1. The normalized spacial score (nSPS) is 17.5. The molecule has 1 atom stereocenters. The van der Waals surface area contributed by atoms with Crippen molar-refractivity contribution in [2.75, 3.05) is 13.7 Å². The minimum atomic E-state index is 0.318. The summed E-state index contributed by atoms with van der Waals surface area (Å²) in [5.74, 6) is 1.84. The molecule has 2 aromatic heterocycles. The van der Waals surface area contributed by atoms with Crippen LogP contribution < -0.4 is 4.74 Å². The van der Waals surface area contributed by atoms with Crippen molar-refractivity contribution in [2.24, 2.45) is 0 Å². The topological polar surface area (TPSA) is 67.2 Å². The Morgan fingerprint density at radius 3 is 2.93 bits per heavy atom. The number of rotatable bonds is 7. The van der Waals surface area contributed by atoms with E-state index in [1.54, 1.807) is 7.11 Å². The van der Waals surface area contributed by atoms with Gasteiger partial charge in [-0.05, 0) is 50.1 Å². The van der Waals surface area contributed by atoms with Gasteiger partial charge >= 0.3 is 0 Å². The molecule has 142 valence electrons. The highest BCUT2D eigenvalue weighted by atomic mass is 16.5. The summed E-state index contributed by atoms with van der Waals surface area (Å²) in [5.41, 5.74) is 4.44. The highest BCUT2D eigenvalue weighted by Crippen LogP contribution is 2.34. The van der Waals surface area contributed by atoms with E-state index < -0.39 is 0 Å². The van der Waals surface area contributed by atoms with Crippen molar-refractivity contribution in [3.63, 3.8) is 0 Å². The fourth-order valence-corrected chi connectivity index (χ4v) is 3.86. The van der Waals surface area contributed by atoms with Gasteiger partial charge < -0.3 is 9.26 Å². The van der Waals surface area contributed by atoms with Gasteiger partial charge in [0.1, 0.15) is 17.2 Å². The largest absolute Gasteiger partial charge is 0.497 e. The highest BCUT2D eigenvalue weighted by Gasteiger charge is 2.29. The molecule has 1 aliphatic rings. The molecule has 0 bridgehead atoms. The van der Waals surface area contributed by atoms with Crippen LogP contribution in [0.1, 0.15) is 49.2 Å². The van der Waals surface area contributed by atoms with Gasteiger partial charge in [0.2, 0.25) is 0 Å². The SMILES string of the molecule is CCCc1cc([C@H]2CCCN2Cc2cn[nH]c2-c2ccc(OC)cc2)no1. The fraction of sp³-hybridized carbons (Fsp3) is 0.429. The van der Waals surface area contributed by atoms with Crippen LogP contribution in [0, 0.1) is 0 Å². The molecule has 0 spiro atoms. The number of benzene rings is 1. The van der Waals surface area contributed by atoms with Crippen LogP contribution in [0.2, 0.25) is 0 Å². The van der Waals surface area contributed by atoms with E-state index >= 15 is 0 Å². The van der Waals surface area contributed by atoms with Gasteiger partial charge in [0.05, 0.1) is 25.0 Å². The molecule has 27 heavy (non-hydrogen) atoms. The highest BCUT2D eigenvalue weighted by molar-refractivity contribution is 5.63. The van der Waals surface area contributed by atoms with E-state index in [1.807, 2.05) is 18.3 Å². The fourth-order valence-electron chi connectivity index (χ4n) is 3.86. The molecule has 6 heteroatoms. The Labute approximate surface area is 159 Å². The first kappa shape index (κ1) is 17.8. The van der Waals surface area contributed by atoms with Gasteiger partial charge in [0.15, 0.2) is 0 Å². The van der Waals surface area contributed by atoms with E-state index in [0.29, 0.717) is 6.04 Å². The summed E-state index contributed by atoms with van der Waals surface area (Å²) in [6, 6.07) is 10.5. The lowest BCUT2D eigenvalue weighted by atomic mass is 10.1. The number of aromatic amines is 1. The second-order valence-electron chi connectivity index (χ2n) is 7.10. The zero-order chi connectivity index (χ0) is 18.6. The molecule has 4 rings (SSSR count). The second kappa shape index (κ2) is 7.96. The average Bonchev–Trinajstić information content (AvgIpc) is 3.43. The smallest absolute Gasteiger partial charge is 0.137 e. The Bertz CT molecular complexity index is 868. The third-order valence-electron chi connectivity index (χ3n) is 5.25. The van der Waals surface area contributed by atoms with Gasteiger partial charge in [-0.25, -0.2) is 0 Å². The van der Waals surface area contributed by atoms with Gasteiger partial charge in [-0.15, -0.1) is 0 Å². The number of H-pyrrole nitrogens is 1. The van der Waals surface area contributed by atoms with Gasteiger partial charge in [0.25, 0.3) is 0 Å². The maximum atomic E-state index is 5.51. The Kier molecular flexibility index (Phi) is 5.25. The second-order valence-corrected chi connectivity index (χ2v) is 7.10. The zero-order valence-electron chi connectivity index (χ0n) is 15.9. The van der Waals surface area contributed by atoms with E-state index in [1.165, 1.54) is 12.0 Å². The first-order valence-electron chi connectivity index (χ1n) is 9.64. The number of aromatic nitrogens is 3. The molecule has 1 N–H and O–H groups in total. The number of methoxy groups -OCH3 is 1. The minimum Gasteiger partial charge on any atom is -0.497 e. The number of nitrogens with zero attached hydrogens (tertiary/aromatic N) is 3. The predicted molar refractivity (Wildman–Crippen MR) is 103 cm³/mol. The summed E-state index contributed by atoms with van der Waals surface area (Å²) < 4.78 is 10.8. The third-order valence-corrected chi connectivity index (χ3v) is 5.25. The Morgan fingerprint density at radius 1 is 1.30 bits per heavy atom. The molecular weight excluding hydrogens is 340 g/mol. The molecule has 1 fully saturated rings. The minimum absolute atomic E-state index is 0.318. The van der Waals surface area contributed by atoms with Crippen LogP contribution in [0.3, 0.4) is 0 Å². The average molecular weight is 366 g/mol. The van der Waals surface area contributed by atoms with Crippen molar-refractivity contribution < 1.29 is 9.26 Å². The zero-order valence-corrected chi connectivity index (χ0v) is 15.9. The van der Waals surface area contributed by atoms with Crippen molar-refractivity contribution >= 4 is 0 Å². The number of hydrogen-bond donors (Lipinski definition) is 1. The summed E-state index contributed by atoms with van der Waals surface area (Å²) in [6.45, 7) is 4.07. The van der Waals surface area contributed by atoms with Crippen LogP contribution in [0.15, 0.2) is 41.1 Å². The molecular formula is C21H26N4O2. The van der Waals surface area contributed by atoms with Crippen LogP contribution in [0.4, 0.5) is 0 Å². The first-order chi connectivity index (χ1) is 13.3. The van der Waals surface area contributed by atoms with Crippen LogP contribution in [0.25, 0.3) is 11.3 Å². The Balaban J connectivity index is 1.52. The van der Waals surface area contributed by atoms with E-state index in [0.717, 1.165) is 60.8 Å². The summed E-state index contributed by atoms with van der Waals surface area (Å²) >= 11 is 0. The molecule has 0 amide bonds. The van der Waals surface area contributed by atoms with Crippen molar-refractivity contribution in [3.05, 3.63) is 53.5 Å². The predicted octanol–water partition coefficient (Wildman–Crippen LogP) is 4.36. The molecule has 3 heterocycles. The summed E-state index contributed by atoms with van der Waals surface area (Å²) in [4.78, 5) is 2.48. The van der Waals surface area contributed by atoms with Crippen molar-refractivity contribution in [2.45, 2.75) is 45.2 Å². The van der Waals surface area contributed by atoms with Gasteiger partial charge in [-0.3, -0.25) is 10.00 Å². The molecule has 1 aliphatic heterocycles. The molecule has 0 unspecified atom stereocenters. The lowest BCUT2D eigenvalue weighted by Crippen LogP contribution is -2.23. The van der Waals surface area contributed by atoms with Crippen molar-refractivity contribution in [1.82, 2.24) is 20.3 Å². The lowest BCUT2D eigenvalue weighted by molar-refractivity contribution is 0.236. The van der Waals surface area contributed by atoms with E-state index in [-0.39, 0.29) is 0 Å². The van der Waals surface area contributed by atoms with Gasteiger partial charge in [0, 0.05) is 30.2 Å². The summed E-state index contributed by atoms with van der Waals surface area (Å²) in [5, 5.41) is 11.8.